The number of anilines is 2. The molecule has 0 fully saturated rings. The number of aromatic nitrogens is 3. The lowest BCUT2D eigenvalue weighted by atomic mass is 10.1. The Labute approximate surface area is 148 Å². The Morgan fingerprint density at radius 2 is 2.20 bits per heavy atom. The molecule has 0 saturated carbocycles. The lowest BCUT2D eigenvalue weighted by molar-refractivity contribution is 0.101. The second-order valence-corrected chi connectivity index (χ2v) is 5.90. The third-order valence-corrected chi connectivity index (χ3v) is 4.22. The van der Waals surface area contributed by atoms with Gasteiger partial charge in [0.05, 0.1) is 23.2 Å². The zero-order valence-electron chi connectivity index (χ0n) is 13.7. The molecule has 130 valence electrons. The van der Waals surface area contributed by atoms with E-state index in [2.05, 4.69) is 15.3 Å². The fourth-order valence-electron chi connectivity index (χ4n) is 2.84. The minimum absolute atomic E-state index is 0.00456. The highest BCUT2D eigenvalue weighted by Crippen LogP contribution is 2.38. The molecule has 2 heterocycles. The van der Waals surface area contributed by atoms with Gasteiger partial charge in [-0.3, -0.25) is 4.79 Å². The van der Waals surface area contributed by atoms with Gasteiger partial charge in [0.2, 0.25) is 11.2 Å². The van der Waals surface area contributed by atoms with Crippen molar-refractivity contribution in [2.24, 2.45) is 0 Å². The van der Waals surface area contributed by atoms with E-state index in [1.165, 1.54) is 17.7 Å². The molecular weight excluding hydrogens is 347 g/mol. The maximum Gasteiger partial charge on any atom is 0.224 e. The predicted octanol–water partition coefficient (Wildman–Crippen LogP) is 4.01. The molecule has 0 bridgehead atoms. The monoisotopic (exact) mass is 362 g/mol. The first kappa shape index (κ1) is 17.2. The van der Waals surface area contributed by atoms with Crippen molar-refractivity contribution in [2.75, 3.05) is 12.0 Å². The summed E-state index contributed by atoms with van der Waals surface area (Å²) < 4.78 is 14.3. The van der Waals surface area contributed by atoms with Crippen molar-refractivity contribution < 1.29 is 14.3 Å². The highest BCUT2D eigenvalue weighted by Gasteiger charge is 2.18. The van der Waals surface area contributed by atoms with E-state index in [1.54, 1.807) is 12.1 Å². The lowest BCUT2D eigenvalue weighted by Gasteiger charge is -2.10. The maximum atomic E-state index is 12.8. The fourth-order valence-corrected chi connectivity index (χ4v) is 2.97. The Kier molecular flexibility index (Phi) is 4.59. The van der Waals surface area contributed by atoms with Gasteiger partial charge in [-0.1, -0.05) is 12.1 Å². The first-order chi connectivity index (χ1) is 11.9. The van der Waals surface area contributed by atoms with Crippen LogP contribution in [-0.2, 0) is 6.54 Å². The van der Waals surface area contributed by atoms with Gasteiger partial charge >= 0.3 is 0 Å². The molecule has 0 spiro atoms. The zero-order chi connectivity index (χ0) is 18.1. The Morgan fingerprint density at radius 1 is 1.44 bits per heavy atom. The average Bonchev–Trinajstić information content (AvgIpc) is 2.81. The van der Waals surface area contributed by atoms with E-state index in [1.807, 2.05) is 13.0 Å². The van der Waals surface area contributed by atoms with Crippen LogP contribution in [0.25, 0.3) is 10.8 Å². The minimum atomic E-state index is -0.589. The van der Waals surface area contributed by atoms with E-state index < -0.39 is 6.67 Å². The largest absolute Gasteiger partial charge is 0.494 e. The average molecular weight is 363 g/mol. The molecule has 1 aromatic carbocycles. The third kappa shape index (κ3) is 3.02. The molecule has 0 saturated heterocycles. The van der Waals surface area contributed by atoms with Crippen LogP contribution in [0.2, 0.25) is 5.28 Å². The van der Waals surface area contributed by atoms with Crippen molar-refractivity contribution in [1.29, 1.82) is 0 Å². The number of carbonyl (C=O) groups excluding carboxylic acids is 1. The number of nitrogens with zero attached hydrogens (tertiary/aromatic N) is 3. The molecule has 0 amide bonds. The van der Waals surface area contributed by atoms with E-state index in [4.69, 9.17) is 11.6 Å². The number of alkyl halides is 1. The summed E-state index contributed by atoms with van der Waals surface area (Å²) in [6, 6.07) is 5.37. The summed E-state index contributed by atoms with van der Waals surface area (Å²) in [6.45, 7) is 2.68. The number of nitrogens with one attached hydrogen (secondary N) is 1. The summed E-state index contributed by atoms with van der Waals surface area (Å²) in [5.41, 5.74) is 1.56. The molecule has 0 aliphatic carbocycles. The van der Waals surface area contributed by atoms with Crippen LogP contribution >= 0.6 is 11.6 Å². The number of hydrogen-bond donors (Lipinski definition) is 2. The summed E-state index contributed by atoms with van der Waals surface area (Å²) in [4.78, 5) is 19.7. The first-order valence-electron chi connectivity index (χ1n) is 7.61. The number of ketones is 1. The highest BCUT2D eigenvalue weighted by molar-refractivity contribution is 6.28. The summed E-state index contributed by atoms with van der Waals surface area (Å²) in [7, 11) is 0. The Morgan fingerprint density at radius 3 is 2.88 bits per heavy atom. The standard InChI is InChI=1S/C17H16ClFN4O2/c1-9-11-4-3-5-13(14(11)16(25)23(9)7-6-19)21-15-12(10(2)24)8-20-17(18)22-15/h3-5,8,25H,6-7H2,1-2H3,(H,20,21,22). The molecule has 3 aromatic rings. The van der Waals surface area contributed by atoms with Crippen molar-refractivity contribution in [3.8, 4) is 5.88 Å². The molecule has 6 nitrogen and oxygen atoms in total. The number of benzene rings is 1. The van der Waals surface area contributed by atoms with Crippen LogP contribution < -0.4 is 5.32 Å². The van der Waals surface area contributed by atoms with Crippen LogP contribution in [-0.4, -0.2) is 32.1 Å². The number of fused-ring (bicyclic) bond motifs is 1. The van der Waals surface area contributed by atoms with Gasteiger partial charge in [0.1, 0.15) is 12.5 Å². The number of carbonyl (C=O) groups is 1. The van der Waals surface area contributed by atoms with Crippen LogP contribution in [0.1, 0.15) is 23.0 Å². The van der Waals surface area contributed by atoms with Gasteiger partial charge in [-0.15, -0.1) is 0 Å². The summed E-state index contributed by atoms with van der Waals surface area (Å²) in [5.74, 6) is -0.0187. The van der Waals surface area contributed by atoms with E-state index in [-0.39, 0.29) is 34.9 Å². The normalized spacial score (nSPS) is 11.0. The van der Waals surface area contributed by atoms with Crippen molar-refractivity contribution in [3.05, 3.63) is 40.9 Å². The van der Waals surface area contributed by atoms with Gasteiger partial charge in [-0.2, -0.15) is 4.98 Å². The number of aromatic hydroxyl groups is 1. The van der Waals surface area contributed by atoms with Crippen molar-refractivity contribution >= 4 is 39.7 Å². The number of rotatable bonds is 5. The van der Waals surface area contributed by atoms with Gasteiger partial charge in [0.25, 0.3) is 0 Å². The smallest absolute Gasteiger partial charge is 0.224 e. The summed E-state index contributed by atoms with van der Waals surface area (Å²) >= 11 is 5.84. The molecule has 0 unspecified atom stereocenters. The van der Waals surface area contributed by atoms with Crippen molar-refractivity contribution in [1.82, 2.24) is 14.5 Å². The quantitative estimate of drug-likeness (QED) is 0.529. The van der Waals surface area contributed by atoms with Gasteiger partial charge in [0, 0.05) is 17.3 Å². The third-order valence-electron chi connectivity index (χ3n) is 4.04. The SMILES string of the molecule is CC(=O)c1cnc(Cl)nc1Nc1cccc2c(C)n(CCF)c(O)c12. The topological polar surface area (TPSA) is 80.0 Å². The molecular formula is C17H16ClFN4O2. The van der Waals surface area contributed by atoms with E-state index in [0.717, 1.165) is 11.1 Å². The van der Waals surface area contributed by atoms with Crippen LogP contribution in [0.5, 0.6) is 5.88 Å². The second kappa shape index (κ2) is 6.68. The number of halogens is 2. The van der Waals surface area contributed by atoms with Crippen LogP contribution in [0.3, 0.4) is 0 Å². The first-order valence-corrected chi connectivity index (χ1v) is 7.99. The van der Waals surface area contributed by atoms with Crippen molar-refractivity contribution in [2.45, 2.75) is 20.4 Å². The predicted molar refractivity (Wildman–Crippen MR) is 94.6 cm³/mol. The fraction of sp³-hybridized carbons (Fsp3) is 0.235. The van der Waals surface area contributed by atoms with Gasteiger partial charge < -0.3 is 15.0 Å². The molecule has 8 heteroatoms. The Bertz CT molecular complexity index is 971. The maximum absolute atomic E-state index is 12.8. The molecule has 0 aliphatic heterocycles. The molecule has 2 N–H and O–H groups in total. The van der Waals surface area contributed by atoms with Gasteiger partial charge in [-0.25, -0.2) is 9.37 Å². The van der Waals surface area contributed by atoms with E-state index in [9.17, 15) is 14.3 Å². The molecule has 0 atom stereocenters. The van der Waals surface area contributed by atoms with Gasteiger partial charge in [0.15, 0.2) is 5.78 Å². The lowest BCUT2D eigenvalue weighted by Crippen LogP contribution is -2.04. The number of aryl methyl sites for hydroxylation is 1. The Balaban J connectivity index is 2.17. The minimum Gasteiger partial charge on any atom is -0.494 e. The Hall–Kier alpha value is -2.67. The number of hydrogen-bond acceptors (Lipinski definition) is 5. The molecule has 0 aliphatic rings. The van der Waals surface area contributed by atoms with Crippen LogP contribution in [0.15, 0.2) is 24.4 Å². The zero-order valence-corrected chi connectivity index (χ0v) is 14.4. The van der Waals surface area contributed by atoms with Crippen molar-refractivity contribution in [3.63, 3.8) is 0 Å². The van der Waals surface area contributed by atoms with E-state index in [0.29, 0.717) is 11.1 Å². The van der Waals surface area contributed by atoms with Crippen LogP contribution in [0.4, 0.5) is 15.9 Å². The summed E-state index contributed by atoms with van der Waals surface area (Å²) in [5, 5.41) is 14.9. The molecule has 0 radical (unpaired) electrons. The molecule has 2 aromatic heterocycles. The molecule has 3 rings (SSSR count). The van der Waals surface area contributed by atoms with Crippen LogP contribution in [0, 0.1) is 6.92 Å². The molecule has 25 heavy (non-hydrogen) atoms. The summed E-state index contributed by atoms with van der Waals surface area (Å²) in [6.07, 6.45) is 1.35. The second-order valence-electron chi connectivity index (χ2n) is 5.56. The number of Topliss-reactive ketones (excluding diaryl/α,β-unsaturated/α-hetero) is 1. The highest BCUT2D eigenvalue weighted by atomic mass is 35.5. The van der Waals surface area contributed by atoms with Gasteiger partial charge in [-0.05, 0) is 31.5 Å². The van der Waals surface area contributed by atoms with E-state index >= 15 is 0 Å².